The summed E-state index contributed by atoms with van der Waals surface area (Å²) in [6.45, 7) is 3.14. The molecule has 2 nitrogen and oxygen atoms in total. The van der Waals surface area contributed by atoms with Gasteiger partial charge in [-0.3, -0.25) is 0 Å². The van der Waals surface area contributed by atoms with Crippen molar-refractivity contribution >= 4 is 11.6 Å². The summed E-state index contributed by atoms with van der Waals surface area (Å²) in [5.74, 6) is 0.277. The molecule has 0 amide bonds. The first-order chi connectivity index (χ1) is 6.62. The molecule has 2 rings (SSSR count). The molecule has 1 aliphatic rings. The van der Waals surface area contributed by atoms with E-state index in [1.807, 2.05) is 0 Å². The minimum atomic E-state index is -0.0736. The molecule has 0 radical (unpaired) electrons. The Morgan fingerprint density at radius 3 is 2.93 bits per heavy atom. The number of hydrogen-bond donors (Lipinski definition) is 2. The fourth-order valence-electron chi connectivity index (χ4n) is 2.06. The first-order valence-electron chi connectivity index (χ1n) is 4.86. The molecule has 0 aliphatic carbocycles. The van der Waals surface area contributed by atoms with Crippen molar-refractivity contribution in [3.63, 3.8) is 0 Å². The zero-order valence-corrected chi connectivity index (χ0v) is 8.93. The quantitative estimate of drug-likeness (QED) is 0.749. The van der Waals surface area contributed by atoms with Crippen LogP contribution in [0.1, 0.15) is 25.3 Å². The first kappa shape index (κ1) is 9.81. The third-order valence-corrected chi connectivity index (χ3v) is 3.24. The van der Waals surface area contributed by atoms with Crippen molar-refractivity contribution in [1.29, 1.82) is 0 Å². The SMILES string of the molecule is CC1(c2cc(O)ccc2Cl)CCCN1. The number of halogens is 1. The van der Waals surface area contributed by atoms with Gasteiger partial charge in [0, 0.05) is 10.6 Å². The number of phenols is 1. The van der Waals surface area contributed by atoms with E-state index < -0.39 is 0 Å². The summed E-state index contributed by atoms with van der Waals surface area (Å²) in [7, 11) is 0. The molecule has 76 valence electrons. The molecule has 1 fully saturated rings. The van der Waals surface area contributed by atoms with Crippen LogP contribution in [0.5, 0.6) is 5.75 Å². The number of hydrogen-bond acceptors (Lipinski definition) is 2. The zero-order chi connectivity index (χ0) is 10.2. The smallest absolute Gasteiger partial charge is 0.116 e. The summed E-state index contributed by atoms with van der Waals surface area (Å²) in [4.78, 5) is 0. The number of benzene rings is 1. The monoisotopic (exact) mass is 211 g/mol. The van der Waals surface area contributed by atoms with Gasteiger partial charge in [-0.1, -0.05) is 11.6 Å². The Morgan fingerprint density at radius 2 is 2.29 bits per heavy atom. The van der Waals surface area contributed by atoms with Crippen LogP contribution < -0.4 is 5.32 Å². The Hall–Kier alpha value is -0.730. The van der Waals surface area contributed by atoms with E-state index in [2.05, 4.69) is 12.2 Å². The highest BCUT2D eigenvalue weighted by Gasteiger charge is 2.31. The van der Waals surface area contributed by atoms with E-state index >= 15 is 0 Å². The molecule has 1 heterocycles. The molecule has 0 bridgehead atoms. The molecule has 1 aromatic rings. The highest BCUT2D eigenvalue weighted by molar-refractivity contribution is 6.31. The van der Waals surface area contributed by atoms with Crippen LogP contribution in [0.25, 0.3) is 0 Å². The van der Waals surface area contributed by atoms with Crippen molar-refractivity contribution < 1.29 is 5.11 Å². The molecular weight excluding hydrogens is 198 g/mol. The summed E-state index contributed by atoms with van der Waals surface area (Å²) in [5, 5.41) is 13.6. The number of nitrogens with one attached hydrogen (secondary N) is 1. The summed E-state index contributed by atoms with van der Waals surface area (Å²) >= 11 is 6.11. The average Bonchev–Trinajstić information content (AvgIpc) is 2.58. The van der Waals surface area contributed by atoms with Crippen LogP contribution in [0.15, 0.2) is 18.2 Å². The number of rotatable bonds is 1. The van der Waals surface area contributed by atoms with Gasteiger partial charge >= 0.3 is 0 Å². The number of aromatic hydroxyl groups is 1. The maximum Gasteiger partial charge on any atom is 0.116 e. The predicted molar refractivity (Wildman–Crippen MR) is 57.7 cm³/mol. The molecule has 0 aromatic heterocycles. The minimum absolute atomic E-state index is 0.0736. The highest BCUT2D eigenvalue weighted by Crippen LogP contribution is 2.36. The Labute approximate surface area is 88.9 Å². The summed E-state index contributed by atoms with van der Waals surface area (Å²) < 4.78 is 0. The Bertz CT molecular complexity index is 345. The summed E-state index contributed by atoms with van der Waals surface area (Å²) in [6, 6.07) is 5.11. The Balaban J connectivity index is 2.44. The van der Waals surface area contributed by atoms with E-state index in [4.69, 9.17) is 11.6 Å². The standard InChI is InChI=1S/C11H14ClNO/c1-11(5-2-6-13-11)9-7-8(14)3-4-10(9)12/h3-4,7,13-14H,2,5-6H2,1H3. The van der Waals surface area contributed by atoms with Gasteiger partial charge in [-0.05, 0) is 50.1 Å². The first-order valence-corrected chi connectivity index (χ1v) is 5.24. The normalized spacial score (nSPS) is 26.7. The van der Waals surface area contributed by atoms with Crippen molar-refractivity contribution in [2.45, 2.75) is 25.3 Å². The lowest BCUT2D eigenvalue weighted by Crippen LogP contribution is -2.33. The third kappa shape index (κ3) is 1.60. The molecule has 1 aromatic carbocycles. The van der Waals surface area contributed by atoms with Gasteiger partial charge in [-0.25, -0.2) is 0 Å². The van der Waals surface area contributed by atoms with Gasteiger partial charge in [0.2, 0.25) is 0 Å². The van der Waals surface area contributed by atoms with E-state index in [0.29, 0.717) is 0 Å². The highest BCUT2D eigenvalue weighted by atomic mass is 35.5. The second-order valence-corrected chi connectivity index (χ2v) is 4.43. The Morgan fingerprint density at radius 1 is 1.50 bits per heavy atom. The summed E-state index contributed by atoms with van der Waals surface area (Å²) in [5.41, 5.74) is 0.923. The fourth-order valence-corrected chi connectivity index (χ4v) is 2.39. The molecule has 1 saturated heterocycles. The van der Waals surface area contributed by atoms with Gasteiger partial charge in [-0.15, -0.1) is 0 Å². The minimum Gasteiger partial charge on any atom is -0.508 e. The lowest BCUT2D eigenvalue weighted by Gasteiger charge is -2.26. The van der Waals surface area contributed by atoms with Crippen molar-refractivity contribution in [2.75, 3.05) is 6.54 Å². The van der Waals surface area contributed by atoms with E-state index in [9.17, 15) is 5.11 Å². The van der Waals surface area contributed by atoms with E-state index in [1.165, 1.54) is 0 Å². The van der Waals surface area contributed by atoms with Crippen LogP contribution in [0.4, 0.5) is 0 Å². The maximum absolute atomic E-state index is 9.43. The van der Waals surface area contributed by atoms with Gasteiger partial charge in [-0.2, -0.15) is 0 Å². The third-order valence-electron chi connectivity index (χ3n) is 2.91. The van der Waals surface area contributed by atoms with Gasteiger partial charge < -0.3 is 10.4 Å². The second kappa shape index (κ2) is 3.44. The molecule has 14 heavy (non-hydrogen) atoms. The van der Waals surface area contributed by atoms with Crippen LogP contribution in [0, 0.1) is 0 Å². The topological polar surface area (TPSA) is 32.3 Å². The maximum atomic E-state index is 9.43. The molecule has 1 unspecified atom stereocenters. The molecule has 1 aliphatic heterocycles. The zero-order valence-electron chi connectivity index (χ0n) is 8.18. The summed E-state index contributed by atoms with van der Waals surface area (Å²) in [6.07, 6.45) is 2.22. The van der Waals surface area contributed by atoms with Crippen LogP contribution >= 0.6 is 11.6 Å². The molecule has 3 heteroatoms. The molecule has 1 atom stereocenters. The van der Waals surface area contributed by atoms with Gasteiger partial charge in [0.1, 0.15) is 5.75 Å². The fraction of sp³-hybridized carbons (Fsp3) is 0.455. The lowest BCUT2D eigenvalue weighted by atomic mass is 9.90. The largest absolute Gasteiger partial charge is 0.508 e. The van der Waals surface area contributed by atoms with Crippen molar-refractivity contribution in [3.8, 4) is 5.75 Å². The van der Waals surface area contributed by atoms with Crippen LogP contribution in [-0.4, -0.2) is 11.7 Å². The molecule has 2 N–H and O–H groups in total. The molecular formula is C11H14ClNO. The van der Waals surface area contributed by atoms with Gasteiger partial charge in [0.05, 0.1) is 0 Å². The van der Waals surface area contributed by atoms with Gasteiger partial charge in [0.25, 0.3) is 0 Å². The van der Waals surface area contributed by atoms with E-state index in [1.54, 1.807) is 18.2 Å². The van der Waals surface area contributed by atoms with Crippen LogP contribution in [0.3, 0.4) is 0 Å². The van der Waals surface area contributed by atoms with Crippen LogP contribution in [-0.2, 0) is 5.54 Å². The predicted octanol–water partition coefficient (Wildman–Crippen LogP) is 2.64. The average molecular weight is 212 g/mol. The number of phenolic OH excluding ortho intramolecular Hbond substituents is 1. The van der Waals surface area contributed by atoms with Crippen molar-refractivity contribution in [2.24, 2.45) is 0 Å². The van der Waals surface area contributed by atoms with E-state index in [-0.39, 0.29) is 11.3 Å². The Kier molecular flexibility index (Phi) is 2.41. The van der Waals surface area contributed by atoms with E-state index in [0.717, 1.165) is 30.0 Å². The van der Waals surface area contributed by atoms with Crippen molar-refractivity contribution in [1.82, 2.24) is 5.32 Å². The van der Waals surface area contributed by atoms with Crippen LogP contribution in [0.2, 0.25) is 5.02 Å². The molecule has 0 saturated carbocycles. The second-order valence-electron chi connectivity index (χ2n) is 4.03. The lowest BCUT2D eigenvalue weighted by molar-refractivity contribution is 0.427. The molecule has 0 spiro atoms. The van der Waals surface area contributed by atoms with Gasteiger partial charge in [0.15, 0.2) is 0 Å². The van der Waals surface area contributed by atoms with Crippen molar-refractivity contribution in [3.05, 3.63) is 28.8 Å².